The molecule has 2 heteroatoms. The van der Waals surface area contributed by atoms with Crippen LogP contribution in [-0.2, 0) is 4.79 Å². The summed E-state index contributed by atoms with van der Waals surface area (Å²) in [6.45, 7) is 6.04. The zero-order valence-electron chi connectivity index (χ0n) is 16.7. The molecular weight excluding hydrogens is 308 g/mol. The Hall–Kier alpha value is -1.23. The Kier molecular flexibility index (Phi) is 11.4. The maximum Gasteiger partial charge on any atom is 0.331 e. The van der Waals surface area contributed by atoms with Gasteiger partial charge in [-0.2, -0.15) is 0 Å². The number of carboxylic acids is 1. The molecule has 1 aliphatic carbocycles. The van der Waals surface area contributed by atoms with E-state index in [1.54, 1.807) is 0 Å². The number of hydrogen-bond donors (Lipinski definition) is 1. The van der Waals surface area contributed by atoms with Crippen LogP contribution in [0.1, 0.15) is 104 Å². The van der Waals surface area contributed by atoms with Crippen LogP contribution >= 0.6 is 0 Å². The van der Waals surface area contributed by atoms with Crippen LogP contribution in [-0.4, -0.2) is 11.1 Å². The highest BCUT2D eigenvalue weighted by atomic mass is 16.4. The first kappa shape index (κ1) is 21.8. The summed E-state index contributed by atoms with van der Waals surface area (Å²) in [7, 11) is 0. The van der Waals surface area contributed by atoms with Gasteiger partial charge in [-0.25, -0.2) is 4.79 Å². The maximum absolute atomic E-state index is 11.2. The standard InChI is InChI=1S/C23H38O2/c1-4-5-6-7-8-10-14-20-16-13-17-21(20)15-11-9-12-18-22(19(2)3)23(24)25/h20-21H,4-9,11-13,15-18H2,1-3H3,(H,24,25)/t20-,21-/m0/s1. The molecule has 2 nitrogen and oxygen atoms in total. The number of hydrogen-bond acceptors (Lipinski definition) is 1. The molecule has 1 saturated carbocycles. The Balaban J connectivity index is 2.22. The Morgan fingerprint density at radius 3 is 2.48 bits per heavy atom. The minimum Gasteiger partial charge on any atom is -0.478 e. The molecule has 0 aromatic heterocycles. The van der Waals surface area contributed by atoms with Gasteiger partial charge in [0, 0.05) is 17.9 Å². The number of unbranched alkanes of at least 4 members (excludes halogenated alkanes) is 6. The largest absolute Gasteiger partial charge is 0.478 e. The number of carboxylic acid groups (broad SMARTS) is 1. The second-order valence-corrected chi connectivity index (χ2v) is 7.81. The zero-order valence-corrected chi connectivity index (χ0v) is 16.7. The van der Waals surface area contributed by atoms with E-state index in [1.165, 1.54) is 57.8 Å². The third-order valence-corrected chi connectivity index (χ3v) is 5.47. The van der Waals surface area contributed by atoms with Gasteiger partial charge in [-0.3, -0.25) is 0 Å². The summed E-state index contributed by atoms with van der Waals surface area (Å²) < 4.78 is 0. The van der Waals surface area contributed by atoms with Crippen molar-refractivity contribution >= 4 is 5.97 Å². The first-order valence-corrected chi connectivity index (χ1v) is 10.4. The maximum atomic E-state index is 11.2. The average Bonchev–Trinajstić information content (AvgIpc) is 3.00. The van der Waals surface area contributed by atoms with Crippen molar-refractivity contribution in [2.45, 2.75) is 104 Å². The van der Waals surface area contributed by atoms with Crippen molar-refractivity contribution < 1.29 is 9.90 Å². The lowest BCUT2D eigenvalue weighted by molar-refractivity contribution is -0.132. The minimum absolute atomic E-state index is 0.604. The second-order valence-electron chi connectivity index (χ2n) is 7.81. The van der Waals surface area contributed by atoms with E-state index in [2.05, 4.69) is 18.8 Å². The summed E-state index contributed by atoms with van der Waals surface area (Å²) in [4.78, 5) is 11.2. The van der Waals surface area contributed by atoms with Crippen LogP contribution in [0.2, 0.25) is 0 Å². The van der Waals surface area contributed by atoms with Gasteiger partial charge in [0.1, 0.15) is 0 Å². The molecule has 0 bridgehead atoms. The van der Waals surface area contributed by atoms with Gasteiger partial charge in [0.2, 0.25) is 0 Å². The highest BCUT2D eigenvalue weighted by Crippen LogP contribution is 2.35. The van der Waals surface area contributed by atoms with Crippen molar-refractivity contribution in [2.24, 2.45) is 11.8 Å². The van der Waals surface area contributed by atoms with Crippen LogP contribution in [0.3, 0.4) is 0 Å². The molecule has 25 heavy (non-hydrogen) atoms. The van der Waals surface area contributed by atoms with Gasteiger partial charge in [-0.05, 0) is 58.3 Å². The molecule has 2 atom stereocenters. The van der Waals surface area contributed by atoms with Gasteiger partial charge < -0.3 is 5.11 Å². The summed E-state index contributed by atoms with van der Waals surface area (Å²) in [5.41, 5.74) is 1.55. The minimum atomic E-state index is -0.745. The summed E-state index contributed by atoms with van der Waals surface area (Å²) in [6, 6.07) is 0. The quantitative estimate of drug-likeness (QED) is 0.255. The molecule has 0 saturated heterocycles. The van der Waals surface area contributed by atoms with E-state index < -0.39 is 5.97 Å². The molecule has 0 amide bonds. The first-order valence-electron chi connectivity index (χ1n) is 10.4. The predicted molar refractivity (Wildman–Crippen MR) is 106 cm³/mol. The summed E-state index contributed by atoms with van der Waals surface area (Å²) in [5, 5.41) is 9.18. The van der Waals surface area contributed by atoms with Crippen LogP contribution in [0.15, 0.2) is 11.1 Å². The number of carbonyl (C=O) groups is 1. The van der Waals surface area contributed by atoms with Crippen molar-refractivity contribution in [3.8, 4) is 11.8 Å². The average molecular weight is 347 g/mol. The number of rotatable bonds is 11. The monoisotopic (exact) mass is 346 g/mol. The smallest absolute Gasteiger partial charge is 0.331 e. The Bertz CT molecular complexity index is 474. The predicted octanol–water partition coefficient (Wildman–Crippen LogP) is 6.75. The summed E-state index contributed by atoms with van der Waals surface area (Å²) in [6.07, 6.45) is 15.6. The van der Waals surface area contributed by atoms with Crippen LogP contribution in [0.5, 0.6) is 0 Å². The Labute approximate surface area is 155 Å². The highest BCUT2D eigenvalue weighted by Gasteiger charge is 2.24. The van der Waals surface area contributed by atoms with E-state index in [9.17, 15) is 9.90 Å². The van der Waals surface area contributed by atoms with Crippen molar-refractivity contribution in [1.29, 1.82) is 0 Å². The number of allylic oxidation sites excluding steroid dienone is 1. The third kappa shape index (κ3) is 9.15. The van der Waals surface area contributed by atoms with Gasteiger partial charge in [0.25, 0.3) is 0 Å². The SMILES string of the molecule is CCCCCCC#C[C@H]1CCC[C@@H]1CCCCCC(C(=O)O)=C(C)C. The molecule has 0 spiro atoms. The van der Waals surface area contributed by atoms with Gasteiger partial charge in [0.15, 0.2) is 0 Å². The van der Waals surface area contributed by atoms with Crippen molar-refractivity contribution in [3.63, 3.8) is 0 Å². The van der Waals surface area contributed by atoms with Crippen molar-refractivity contribution in [3.05, 3.63) is 11.1 Å². The molecule has 0 aliphatic heterocycles. The van der Waals surface area contributed by atoms with Crippen LogP contribution in [0.25, 0.3) is 0 Å². The zero-order chi connectivity index (χ0) is 18.5. The fourth-order valence-corrected chi connectivity index (χ4v) is 3.87. The molecule has 1 aliphatic rings. The molecule has 0 heterocycles. The topological polar surface area (TPSA) is 37.3 Å². The number of aliphatic carboxylic acids is 1. The van der Waals surface area contributed by atoms with Crippen molar-refractivity contribution in [1.82, 2.24) is 0 Å². The van der Waals surface area contributed by atoms with Gasteiger partial charge in [-0.15, -0.1) is 5.92 Å². The molecule has 1 fully saturated rings. The third-order valence-electron chi connectivity index (χ3n) is 5.47. The molecule has 142 valence electrons. The van der Waals surface area contributed by atoms with E-state index in [1.807, 2.05) is 13.8 Å². The molecule has 0 aromatic rings. The summed E-state index contributed by atoms with van der Waals surface area (Å²) >= 11 is 0. The van der Waals surface area contributed by atoms with E-state index in [-0.39, 0.29) is 0 Å². The van der Waals surface area contributed by atoms with Crippen LogP contribution in [0.4, 0.5) is 0 Å². The second kappa shape index (κ2) is 13.0. The molecular formula is C23H38O2. The Morgan fingerprint density at radius 1 is 1.04 bits per heavy atom. The fourth-order valence-electron chi connectivity index (χ4n) is 3.87. The molecule has 1 N–H and O–H groups in total. The van der Waals surface area contributed by atoms with E-state index in [4.69, 9.17) is 0 Å². The van der Waals surface area contributed by atoms with E-state index in [0.717, 1.165) is 30.8 Å². The lowest BCUT2D eigenvalue weighted by Crippen LogP contribution is -2.06. The highest BCUT2D eigenvalue weighted by molar-refractivity contribution is 5.87. The van der Waals surface area contributed by atoms with Crippen LogP contribution in [0, 0.1) is 23.7 Å². The van der Waals surface area contributed by atoms with E-state index in [0.29, 0.717) is 17.9 Å². The molecule has 0 unspecified atom stereocenters. The summed E-state index contributed by atoms with van der Waals surface area (Å²) in [5.74, 6) is 7.66. The van der Waals surface area contributed by atoms with Crippen molar-refractivity contribution in [2.75, 3.05) is 0 Å². The lowest BCUT2D eigenvalue weighted by atomic mass is 9.90. The first-order chi connectivity index (χ1) is 12.1. The molecule has 1 rings (SSSR count). The lowest BCUT2D eigenvalue weighted by Gasteiger charge is -2.14. The van der Waals surface area contributed by atoms with Gasteiger partial charge in [-0.1, -0.05) is 56.9 Å². The fraction of sp³-hybridized carbons (Fsp3) is 0.783. The molecule has 0 aromatic carbocycles. The normalized spacial score (nSPS) is 19.3. The van der Waals surface area contributed by atoms with Gasteiger partial charge >= 0.3 is 5.97 Å². The molecule has 0 radical (unpaired) electrons. The van der Waals surface area contributed by atoms with Gasteiger partial charge in [0.05, 0.1) is 0 Å². The Morgan fingerprint density at radius 2 is 1.80 bits per heavy atom. The van der Waals surface area contributed by atoms with Crippen LogP contribution < -0.4 is 0 Å². The van der Waals surface area contributed by atoms with E-state index >= 15 is 0 Å².